The summed E-state index contributed by atoms with van der Waals surface area (Å²) < 4.78 is 0. The van der Waals surface area contributed by atoms with E-state index in [1.54, 1.807) is 0 Å². The fourth-order valence-corrected chi connectivity index (χ4v) is 3.08. The zero-order valence-corrected chi connectivity index (χ0v) is 13.0. The number of aryl methyl sites for hydroxylation is 1. The molecule has 0 spiro atoms. The molecule has 0 unspecified atom stereocenters. The molecule has 2 heterocycles. The summed E-state index contributed by atoms with van der Waals surface area (Å²) in [5.74, 6) is 1.04. The molecule has 0 aliphatic carbocycles. The quantitative estimate of drug-likeness (QED) is 0.729. The molecule has 4 rings (SSSR count). The molecule has 3 aromatic rings. The molecule has 1 aliphatic rings. The van der Waals surface area contributed by atoms with Crippen molar-refractivity contribution in [3.63, 3.8) is 0 Å². The van der Waals surface area contributed by atoms with Crippen molar-refractivity contribution in [1.29, 1.82) is 0 Å². The molecule has 23 heavy (non-hydrogen) atoms. The number of nitrogens with zero attached hydrogens (tertiary/aromatic N) is 3. The second kappa shape index (κ2) is 6.21. The third kappa shape index (κ3) is 2.95. The number of rotatable bonds is 3. The van der Waals surface area contributed by atoms with Crippen LogP contribution in [0.3, 0.4) is 0 Å². The Morgan fingerprint density at radius 2 is 1.65 bits per heavy atom. The van der Waals surface area contributed by atoms with Gasteiger partial charge in [0, 0.05) is 18.7 Å². The summed E-state index contributed by atoms with van der Waals surface area (Å²) in [6, 6.07) is 20.8. The zero-order chi connectivity index (χ0) is 15.5. The maximum absolute atomic E-state index is 4.92. The first-order valence-corrected chi connectivity index (χ1v) is 8.10. The molecule has 0 atom stereocenters. The Morgan fingerprint density at radius 3 is 2.43 bits per heavy atom. The Kier molecular flexibility index (Phi) is 3.76. The highest BCUT2D eigenvalue weighted by Gasteiger charge is 2.20. The van der Waals surface area contributed by atoms with E-state index >= 15 is 0 Å². The van der Waals surface area contributed by atoms with Crippen molar-refractivity contribution in [1.82, 2.24) is 9.97 Å². The second-order valence-electron chi connectivity index (χ2n) is 5.90. The summed E-state index contributed by atoms with van der Waals surface area (Å²) in [7, 11) is 0. The lowest BCUT2D eigenvalue weighted by Gasteiger charge is -2.29. The molecule has 0 saturated carbocycles. The van der Waals surface area contributed by atoms with Crippen molar-refractivity contribution < 1.29 is 0 Å². The van der Waals surface area contributed by atoms with Crippen molar-refractivity contribution >= 4 is 5.82 Å². The molecule has 3 nitrogen and oxygen atoms in total. The lowest BCUT2D eigenvalue weighted by molar-refractivity contribution is 0.664. The molecule has 0 fully saturated rings. The molecule has 0 N–H and O–H groups in total. The highest BCUT2D eigenvalue weighted by Crippen LogP contribution is 2.27. The zero-order valence-electron chi connectivity index (χ0n) is 13.0. The van der Waals surface area contributed by atoms with E-state index in [0.29, 0.717) is 0 Å². The van der Waals surface area contributed by atoms with Crippen LogP contribution in [0.1, 0.15) is 17.7 Å². The van der Waals surface area contributed by atoms with Crippen molar-refractivity contribution in [3.05, 3.63) is 78.1 Å². The highest BCUT2D eigenvalue weighted by molar-refractivity contribution is 5.61. The van der Waals surface area contributed by atoms with Gasteiger partial charge in [-0.3, -0.25) is 4.98 Å². The van der Waals surface area contributed by atoms with E-state index in [1.165, 1.54) is 5.56 Å². The molecular weight excluding hydrogens is 282 g/mol. The summed E-state index contributed by atoms with van der Waals surface area (Å²) in [5, 5.41) is 0. The van der Waals surface area contributed by atoms with Crippen LogP contribution < -0.4 is 4.90 Å². The van der Waals surface area contributed by atoms with Gasteiger partial charge in [-0.1, -0.05) is 60.7 Å². The van der Waals surface area contributed by atoms with Gasteiger partial charge in [-0.05, 0) is 18.4 Å². The standard InChI is InChI=1S/C20H19N3/c1-3-8-16(9-4-1)15-23-13-7-12-18-20(23)22-19(14-21-18)17-10-5-2-6-11-17/h1-6,8-11,14H,7,12-13,15H2. The molecule has 3 heteroatoms. The molecule has 0 radical (unpaired) electrons. The lowest BCUT2D eigenvalue weighted by Crippen LogP contribution is -2.30. The Balaban J connectivity index is 1.69. The van der Waals surface area contributed by atoms with Crippen LogP contribution in [0, 0.1) is 0 Å². The fraction of sp³-hybridized carbons (Fsp3) is 0.200. The Bertz CT molecular complexity index is 784. The fourth-order valence-electron chi connectivity index (χ4n) is 3.08. The molecule has 114 valence electrons. The Labute approximate surface area is 136 Å². The topological polar surface area (TPSA) is 29.0 Å². The second-order valence-corrected chi connectivity index (χ2v) is 5.90. The smallest absolute Gasteiger partial charge is 0.151 e. The third-order valence-corrected chi connectivity index (χ3v) is 4.25. The molecule has 1 aromatic heterocycles. The summed E-state index contributed by atoms with van der Waals surface area (Å²) in [4.78, 5) is 12.0. The molecule has 0 amide bonds. The van der Waals surface area contributed by atoms with Crippen LogP contribution in [0.2, 0.25) is 0 Å². The van der Waals surface area contributed by atoms with E-state index in [4.69, 9.17) is 4.98 Å². The Morgan fingerprint density at radius 1 is 0.913 bits per heavy atom. The minimum Gasteiger partial charge on any atom is -0.351 e. The van der Waals surface area contributed by atoms with E-state index in [9.17, 15) is 0 Å². The summed E-state index contributed by atoms with van der Waals surface area (Å²) in [6.07, 6.45) is 4.06. The number of hydrogen-bond acceptors (Lipinski definition) is 3. The first-order valence-electron chi connectivity index (χ1n) is 8.10. The number of aromatic nitrogens is 2. The van der Waals surface area contributed by atoms with Crippen LogP contribution in [-0.4, -0.2) is 16.5 Å². The Hall–Kier alpha value is -2.68. The minimum atomic E-state index is 0.890. The summed E-state index contributed by atoms with van der Waals surface area (Å²) in [5.41, 5.74) is 4.50. The average Bonchev–Trinajstić information content (AvgIpc) is 2.63. The van der Waals surface area contributed by atoms with Crippen molar-refractivity contribution in [2.75, 3.05) is 11.4 Å². The molecule has 0 bridgehead atoms. The number of benzene rings is 2. The first-order chi connectivity index (χ1) is 11.4. The maximum Gasteiger partial charge on any atom is 0.151 e. The SMILES string of the molecule is c1ccc(CN2CCCc3ncc(-c4ccccc4)nc32)cc1. The predicted molar refractivity (Wildman–Crippen MR) is 93.3 cm³/mol. The summed E-state index contributed by atoms with van der Waals surface area (Å²) in [6.45, 7) is 1.93. The van der Waals surface area contributed by atoms with Gasteiger partial charge in [0.25, 0.3) is 0 Å². The van der Waals surface area contributed by atoms with E-state index < -0.39 is 0 Å². The monoisotopic (exact) mass is 301 g/mol. The normalized spacial score (nSPS) is 13.7. The molecule has 1 aliphatic heterocycles. The van der Waals surface area contributed by atoms with Gasteiger partial charge in [-0.2, -0.15) is 0 Å². The highest BCUT2D eigenvalue weighted by atomic mass is 15.2. The average molecular weight is 301 g/mol. The van der Waals surface area contributed by atoms with Gasteiger partial charge in [0.15, 0.2) is 5.82 Å². The van der Waals surface area contributed by atoms with E-state index in [-0.39, 0.29) is 0 Å². The first kappa shape index (κ1) is 13.9. The van der Waals surface area contributed by atoms with E-state index in [0.717, 1.165) is 48.7 Å². The molecule has 0 saturated heterocycles. The van der Waals surface area contributed by atoms with Gasteiger partial charge in [0.1, 0.15) is 0 Å². The lowest BCUT2D eigenvalue weighted by atomic mass is 10.1. The van der Waals surface area contributed by atoms with E-state index in [2.05, 4.69) is 52.3 Å². The van der Waals surface area contributed by atoms with Crippen LogP contribution in [0.25, 0.3) is 11.3 Å². The van der Waals surface area contributed by atoms with Crippen LogP contribution in [0.4, 0.5) is 5.82 Å². The minimum absolute atomic E-state index is 0.890. The van der Waals surface area contributed by atoms with Crippen molar-refractivity contribution in [2.24, 2.45) is 0 Å². The van der Waals surface area contributed by atoms with Gasteiger partial charge in [0.2, 0.25) is 0 Å². The largest absolute Gasteiger partial charge is 0.351 e. The number of anilines is 1. The summed E-state index contributed by atoms with van der Waals surface area (Å²) >= 11 is 0. The van der Waals surface area contributed by atoms with Gasteiger partial charge < -0.3 is 4.90 Å². The van der Waals surface area contributed by atoms with Crippen LogP contribution >= 0.6 is 0 Å². The van der Waals surface area contributed by atoms with Gasteiger partial charge >= 0.3 is 0 Å². The van der Waals surface area contributed by atoms with Gasteiger partial charge in [-0.25, -0.2) is 4.98 Å². The van der Waals surface area contributed by atoms with Crippen molar-refractivity contribution in [2.45, 2.75) is 19.4 Å². The maximum atomic E-state index is 4.92. The third-order valence-electron chi connectivity index (χ3n) is 4.25. The van der Waals surface area contributed by atoms with E-state index in [1.807, 2.05) is 24.4 Å². The number of fused-ring (bicyclic) bond motifs is 1. The van der Waals surface area contributed by atoms with Crippen LogP contribution in [0.5, 0.6) is 0 Å². The number of hydrogen-bond donors (Lipinski definition) is 0. The van der Waals surface area contributed by atoms with Crippen molar-refractivity contribution in [3.8, 4) is 11.3 Å². The van der Waals surface area contributed by atoms with Gasteiger partial charge in [-0.15, -0.1) is 0 Å². The van der Waals surface area contributed by atoms with Gasteiger partial charge in [0.05, 0.1) is 17.6 Å². The van der Waals surface area contributed by atoms with Crippen LogP contribution in [0.15, 0.2) is 66.9 Å². The molecular formula is C20H19N3. The van der Waals surface area contributed by atoms with Crippen LogP contribution in [-0.2, 0) is 13.0 Å². The predicted octanol–water partition coefficient (Wildman–Crippen LogP) is 4.10. The molecule has 2 aromatic carbocycles.